The Morgan fingerprint density at radius 2 is 1.78 bits per heavy atom. The Kier molecular flexibility index (Phi) is 4.89. The van der Waals surface area contributed by atoms with Crippen molar-refractivity contribution in [2.24, 2.45) is 0 Å². The molecule has 0 saturated heterocycles. The molecule has 23 heavy (non-hydrogen) atoms. The molecule has 0 unspecified atom stereocenters. The lowest BCUT2D eigenvalue weighted by Crippen LogP contribution is -2.36. The molecule has 1 aliphatic rings. The Balaban J connectivity index is 2.44. The van der Waals surface area contributed by atoms with Crippen LogP contribution in [0.1, 0.15) is 50.2 Å². The zero-order valence-electron chi connectivity index (χ0n) is 14.0. The molecule has 2 rings (SSSR count). The number of hydrogen-bond donors (Lipinski definition) is 0. The summed E-state index contributed by atoms with van der Waals surface area (Å²) in [6, 6.07) is 0. The fourth-order valence-electron chi connectivity index (χ4n) is 2.29. The number of carbonyl (C=O) groups excluding carboxylic acids is 2. The van der Waals surface area contributed by atoms with Crippen molar-refractivity contribution in [3.63, 3.8) is 0 Å². The Morgan fingerprint density at radius 3 is 2.39 bits per heavy atom. The largest absolute Gasteiger partial charge is 0.461 e. The minimum atomic E-state index is -0.754. The minimum Gasteiger partial charge on any atom is -0.461 e. The summed E-state index contributed by atoms with van der Waals surface area (Å²) in [5.74, 6) is -0.949. The molecule has 1 aromatic rings. The SMILES string of the molecule is CC(=O)OCc1nc(C)c2c(c1COC(C)=O)COC(C)(C)O2. The predicted octanol–water partition coefficient (Wildman–Crippen LogP) is 2.16. The number of fused-ring (bicyclic) bond motifs is 1. The Hall–Kier alpha value is -2.15. The third-order valence-corrected chi connectivity index (χ3v) is 3.36. The molecular weight excluding hydrogens is 302 g/mol. The van der Waals surface area contributed by atoms with E-state index >= 15 is 0 Å². The number of aryl methyl sites for hydroxylation is 1. The first-order chi connectivity index (χ1) is 10.7. The molecule has 0 bridgehead atoms. The quantitative estimate of drug-likeness (QED) is 0.785. The second-order valence-electron chi connectivity index (χ2n) is 5.78. The van der Waals surface area contributed by atoms with E-state index in [0.29, 0.717) is 29.3 Å². The first-order valence-electron chi connectivity index (χ1n) is 7.30. The molecule has 0 saturated carbocycles. The Labute approximate surface area is 134 Å². The summed E-state index contributed by atoms with van der Waals surface area (Å²) >= 11 is 0. The van der Waals surface area contributed by atoms with E-state index in [2.05, 4.69) is 4.98 Å². The summed E-state index contributed by atoms with van der Waals surface area (Å²) in [6.45, 7) is 8.42. The lowest BCUT2D eigenvalue weighted by Gasteiger charge is -2.34. The van der Waals surface area contributed by atoms with Gasteiger partial charge in [0.15, 0.2) is 0 Å². The molecule has 2 heterocycles. The van der Waals surface area contributed by atoms with Gasteiger partial charge >= 0.3 is 11.9 Å². The zero-order valence-corrected chi connectivity index (χ0v) is 14.0. The molecule has 7 heteroatoms. The number of hydrogen-bond acceptors (Lipinski definition) is 7. The van der Waals surface area contributed by atoms with E-state index in [-0.39, 0.29) is 13.2 Å². The maximum Gasteiger partial charge on any atom is 0.303 e. The summed E-state index contributed by atoms with van der Waals surface area (Å²) in [4.78, 5) is 26.7. The van der Waals surface area contributed by atoms with Gasteiger partial charge in [0.05, 0.1) is 18.0 Å². The van der Waals surface area contributed by atoms with Gasteiger partial charge in [0.2, 0.25) is 5.79 Å². The standard InChI is InChI=1S/C16H21NO6/c1-9-15-13(7-22-16(4,5)23-15)12(6-20-10(2)18)14(17-9)8-21-11(3)19/h6-8H2,1-5H3. The van der Waals surface area contributed by atoms with Crippen LogP contribution in [0.5, 0.6) is 5.75 Å². The first kappa shape index (κ1) is 17.2. The van der Waals surface area contributed by atoms with E-state index < -0.39 is 17.7 Å². The second-order valence-corrected chi connectivity index (χ2v) is 5.78. The van der Waals surface area contributed by atoms with Gasteiger partial charge in [-0.05, 0) is 6.92 Å². The highest BCUT2D eigenvalue weighted by Crippen LogP contribution is 2.37. The highest BCUT2D eigenvalue weighted by atomic mass is 16.7. The number of pyridine rings is 1. The summed E-state index contributed by atoms with van der Waals surface area (Å²) in [7, 11) is 0. The highest BCUT2D eigenvalue weighted by molar-refractivity contribution is 5.66. The van der Waals surface area contributed by atoms with Gasteiger partial charge < -0.3 is 18.9 Å². The molecule has 1 aliphatic heterocycles. The van der Waals surface area contributed by atoms with Crippen LogP contribution in [0.15, 0.2) is 0 Å². The average Bonchev–Trinajstić information content (AvgIpc) is 2.43. The monoisotopic (exact) mass is 323 g/mol. The lowest BCUT2D eigenvalue weighted by molar-refractivity contribution is -0.181. The molecule has 0 fully saturated rings. The van der Waals surface area contributed by atoms with Crippen LogP contribution in [0.25, 0.3) is 0 Å². The number of rotatable bonds is 4. The molecule has 0 N–H and O–H groups in total. The second kappa shape index (κ2) is 6.54. The van der Waals surface area contributed by atoms with Crippen molar-refractivity contribution in [1.82, 2.24) is 4.98 Å². The van der Waals surface area contributed by atoms with E-state index in [1.807, 2.05) is 20.8 Å². The van der Waals surface area contributed by atoms with Crippen molar-refractivity contribution in [3.05, 3.63) is 22.5 Å². The van der Waals surface area contributed by atoms with Gasteiger partial charge in [-0.1, -0.05) is 0 Å². The summed E-state index contributed by atoms with van der Waals surface area (Å²) in [6.07, 6.45) is 0. The molecule has 0 aliphatic carbocycles. The van der Waals surface area contributed by atoms with Gasteiger partial charge in [0.1, 0.15) is 19.0 Å². The van der Waals surface area contributed by atoms with Crippen LogP contribution >= 0.6 is 0 Å². The maximum atomic E-state index is 11.1. The van der Waals surface area contributed by atoms with Gasteiger partial charge in [0.25, 0.3) is 0 Å². The van der Waals surface area contributed by atoms with Crippen molar-refractivity contribution in [1.29, 1.82) is 0 Å². The lowest BCUT2D eigenvalue weighted by atomic mass is 10.0. The molecule has 0 radical (unpaired) electrons. The van der Waals surface area contributed by atoms with Crippen molar-refractivity contribution in [2.75, 3.05) is 0 Å². The molecule has 0 amide bonds. The molecule has 0 aromatic carbocycles. The number of aromatic nitrogens is 1. The van der Waals surface area contributed by atoms with Crippen LogP contribution in [-0.4, -0.2) is 22.7 Å². The molecule has 0 spiro atoms. The number of carbonyl (C=O) groups is 2. The molecule has 0 atom stereocenters. The summed E-state index contributed by atoms with van der Waals surface area (Å²) in [5, 5.41) is 0. The summed E-state index contributed by atoms with van der Waals surface area (Å²) in [5.41, 5.74) is 2.62. The number of ether oxygens (including phenoxy) is 4. The third kappa shape index (κ3) is 4.19. The van der Waals surface area contributed by atoms with Crippen LogP contribution in [-0.2, 0) is 43.6 Å². The predicted molar refractivity (Wildman–Crippen MR) is 79.4 cm³/mol. The topological polar surface area (TPSA) is 84.0 Å². The van der Waals surface area contributed by atoms with E-state index in [9.17, 15) is 9.59 Å². The number of nitrogens with zero attached hydrogens (tertiary/aromatic N) is 1. The zero-order chi connectivity index (χ0) is 17.2. The molecule has 126 valence electrons. The maximum absolute atomic E-state index is 11.1. The van der Waals surface area contributed by atoms with Crippen molar-refractivity contribution in [2.45, 2.75) is 60.2 Å². The molecule has 7 nitrogen and oxygen atoms in total. The Bertz CT molecular complexity index is 638. The normalized spacial score (nSPS) is 15.3. The highest BCUT2D eigenvalue weighted by Gasteiger charge is 2.32. The minimum absolute atomic E-state index is 0.00342. The van der Waals surface area contributed by atoms with Crippen LogP contribution in [0.4, 0.5) is 0 Å². The van der Waals surface area contributed by atoms with E-state index in [1.54, 1.807) is 0 Å². The van der Waals surface area contributed by atoms with Gasteiger partial charge in [0, 0.05) is 38.8 Å². The fourth-order valence-corrected chi connectivity index (χ4v) is 2.29. The molecular formula is C16H21NO6. The average molecular weight is 323 g/mol. The first-order valence-corrected chi connectivity index (χ1v) is 7.30. The van der Waals surface area contributed by atoms with E-state index in [4.69, 9.17) is 18.9 Å². The van der Waals surface area contributed by atoms with Crippen LogP contribution < -0.4 is 4.74 Å². The summed E-state index contributed by atoms with van der Waals surface area (Å²) < 4.78 is 21.7. The van der Waals surface area contributed by atoms with E-state index in [1.165, 1.54) is 13.8 Å². The van der Waals surface area contributed by atoms with Crippen LogP contribution in [0.2, 0.25) is 0 Å². The molecule has 1 aromatic heterocycles. The Morgan fingerprint density at radius 1 is 1.17 bits per heavy atom. The smallest absolute Gasteiger partial charge is 0.303 e. The van der Waals surface area contributed by atoms with Gasteiger partial charge in [-0.3, -0.25) is 14.6 Å². The third-order valence-electron chi connectivity index (χ3n) is 3.36. The van der Waals surface area contributed by atoms with Gasteiger partial charge in [-0.15, -0.1) is 0 Å². The van der Waals surface area contributed by atoms with E-state index in [0.717, 1.165) is 5.56 Å². The van der Waals surface area contributed by atoms with Crippen LogP contribution in [0.3, 0.4) is 0 Å². The van der Waals surface area contributed by atoms with Crippen molar-refractivity contribution < 1.29 is 28.5 Å². The van der Waals surface area contributed by atoms with Gasteiger partial charge in [-0.25, -0.2) is 0 Å². The van der Waals surface area contributed by atoms with Gasteiger partial charge in [-0.2, -0.15) is 0 Å². The number of esters is 2. The van der Waals surface area contributed by atoms with Crippen molar-refractivity contribution in [3.8, 4) is 5.75 Å². The van der Waals surface area contributed by atoms with Crippen LogP contribution in [0, 0.1) is 6.92 Å². The fraction of sp³-hybridized carbons (Fsp3) is 0.562. The van der Waals surface area contributed by atoms with Crippen molar-refractivity contribution >= 4 is 11.9 Å².